The molecule has 0 unspecified atom stereocenters. The van der Waals surface area contributed by atoms with Crippen molar-refractivity contribution in [3.05, 3.63) is 0 Å². The fraction of sp³-hybridized carbons (Fsp3) is 0.727. The molecule has 0 aromatic carbocycles. The first-order valence-corrected chi connectivity index (χ1v) is 5.65. The largest absolute Gasteiger partial charge is 0.368 e. The predicted octanol–water partition coefficient (Wildman–Crippen LogP) is -0.315. The highest BCUT2D eigenvalue weighted by Crippen LogP contribution is 2.13. The number of nitrogens with zero attached hydrogens (tertiary/aromatic N) is 1. The fourth-order valence-corrected chi connectivity index (χ4v) is 1.70. The van der Waals surface area contributed by atoms with E-state index in [9.17, 15) is 9.59 Å². The molecule has 1 heterocycles. The van der Waals surface area contributed by atoms with Crippen molar-refractivity contribution in [1.82, 2.24) is 5.32 Å². The highest BCUT2D eigenvalue weighted by Gasteiger charge is 2.28. The van der Waals surface area contributed by atoms with Gasteiger partial charge in [0.05, 0.1) is 6.07 Å². The SMILES string of the molecule is C[C@H](C#N)C[C@H](NC(=O)[C@H]1CCCO1)C(N)=O. The van der Waals surface area contributed by atoms with Gasteiger partial charge < -0.3 is 15.8 Å². The molecular formula is C11H17N3O3. The van der Waals surface area contributed by atoms with Crippen LogP contribution in [0.25, 0.3) is 0 Å². The maximum Gasteiger partial charge on any atom is 0.249 e. The number of carbonyl (C=O) groups excluding carboxylic acids is 2. The molecule has 0 aromatic heterocycles. The standard InChI is InChI=1S/C11H17N3O3/c1-7(6-12)5-8(10(13)15)14-11(16)9-3-2-4-17-9/h7-9H,2-5H2,1H3,(H2,13,15)(H,14,16)/t7-,8-,9+/m0/s1. The molecule has 1 aliphatic heterocycles. The Balaban J connectivity index is 2.51. The second-order valence-electron chi connectivity index (χ2n) is 4.23. The Kier molecular flexibility index (Phi) is 4.91. The Bertz CT molecular complexity index is 331. The molecule has 0 aliphatic carbocycles. The quantitative estimate of drug-likeness (QED) is 0.686. The average Bonchev–Trinajstić information content (AvgIpc) is 2.81. The molecule has 0 spiro atoms. The van der Waals surface area contributed by atoms with Crippen molar-refractivity contribution in [2.45, 2.75) is 38.3 Å². The molecule has 1 fully saturated rings. The first-order chi connectivity index (χ1) is 8.04. The van der Waals surface area contributed by atoms with Crippen LogP contribution in [0, 0.1) is 17.2 Å². The molecule has 3 atom stereocenters. The van der Waals surface area contributed by atoms with Gasteiger partial charge in [-0.2, -0.15) is 5.26 Å². The van der Waals surface area contributed by atoms with E-state index in [-0.39, 0.29) is 18.2 Å². The minimum Gasteiger partial charge on any atom is -0.368 e. The molecule has 1 saturated heterocycles. The Morgan fingerprint density at radius 1 is 1.65 bits per heavy atom. The van der Waals surface area contributed by atoms with Crippen LogP contribution in [0.15, 0.2) is 0 Å². The topological polar surface area (TPSA) is 105 Å². The number of amides is 2. The van der Waals surface area contributed by atoms with Gasteiger partial charge in [0.1, 0.15) is 12.1 Å². The smallest absolute Gasteiger partial charge is 0.249 e. The number of primary amides is 1. The Morgan fingerprint density at radius 2 is 2.35 bits per heavy atom. The molecule has 0 aromatic rings. The lowest BCUT2D eigenvalue weighted by Crippen LogP contribution is -2.48. The number of rotatable bonds is 5. The van der Waals surface area contributed by atoms with Gasteiger partial charge in [0, 0.05) is 12.5 Å². The summed E-state index contributed by atoms with van der Waals surface area (Å²) in [5, 5.41) is 11.2. The highest BCUT2D eigenvalue weighted by molar-refractivity contribution is 5.88. The lowest BCUT2D eigenvalue weighted by molar-refractivity contribution is -0.134. The number of hydrogen-bond donors (Lipinski definition) is 2. The van der Waals surface area contributed by atoms with Crippen molar-refractivity contribution in [3.63, 3.8) is 0 Å². The van der Waals surface area contributed by atoms with Crippen molar-refractivity contribution >= 4 is 11.8 Å². The van der Waals surface area contributed by atoms with Crippen LogP contribution in [0.3, 0.4) is 0 Å². The summed E-state index contributed by atoms with van der Waals surface area (Å²) >= 11 is 0. The molecule has 1 rings (SSSR count). The summed E-state index contributed by atoms with van der Waals surface area (Å²) in [4.78, 5) is 22.9. The lowest BCUT2D eigenvalue weighted by Gasteiger charge is -2.18. The Labute approximate surface area is 100 Å². The monoisotopic (exact) mass is 239 g/mol. The van der Waals surface area contributed by atoms with Crippen molar-refractivity contribution in [3.8, 4) is 6.07 Å². The van der Waals surface area contributed by atoms with E-state index < -0.39 is 18.1 Å². The minimum atomic E-state index is -0.804. The van der Waals surface area contributed by atoms with Gasteiger partial charge in [-0.3, -0.25) is 9.59 Å². The van der Waals surface area contributed by atoms with E-state index in [1.54, 1.807) is 6.92 Å². The van der Waals surface area contributed by atoms with E-state index >= 15 is 0 Å². The van der Waals surface area contributed by atoms with Crippen molar-refractivity contribution in [2.75, 3.05) is 6.61 Å². The van der Waals surface area contributed by atoms with Crippen molar-refractivity contribution in [1.29, 1.82) is 5.26 Å². The van der Waals surface area contributed by atoms with Gasteiger partial charge in [0.2, 0.25) is 11.8 Å². The maximum atomic E-state index is 11.7. The number of carbonyl (C=O) groups is 2. The molecule has 0 saturated carbocycles. The molecule has 6 nitrogen and oxygen atoms in total. The maximum absolute atomic E-state index is 11.7. The highest BCUT2D eigenvalue weighted by atomic mass is 16.5. The summed E-state index contributed by atoms with van der Waals surface area (Å²) in [6.07, 6.45) is 1.23. The van der Waals surface area contributed by atoms with E-state index in [1.807, 2.05) is 6.07 Å². The molecule has 6 heteroatoms. The third kappa shape index (κ3) is 4.04. The number of nitrogens with two attached hydrogens (primary N) is 1. The Morgan fingerprint density at radius 3 is 2.82 bits per heavy atom. The molecule has 0 bridgehead atoms. The number of nitrogens with one attached hydrogen (secondary N) is 1. The van der Waals surface area contributed by atoms with E-state index in [0.717, 1.165) is 6.42 Å². The normalized spacial score (nSPS) is 22.5. The second-order valence-corrected chi connectivity index (χ2v) is 4.23. The van der Waals surface area contributed by atoms with Gasteiger partial charge in [-0.25, -0.2) is 0 Å². The number of ether oxygens (including phenoxy) is 1. The fourth-order valence-electron chi connectivity index (χ4n) is 1.70. The average molecular weight is 239 g/mol. The predicted molar refractivity (Wildman–Crippen MR) is 59.5 cm³/mol. The lowest BCUT2D eigenvalue weighted by atomic mass is 10.0. The summed E-state index contributed by atoms with van der Waals surface area (Å²) < 4.78 is 5.20. The van der Waals surface area contributed by atoms with Crippen LogP contribution >= 0.6 is 0 Å². The van der Waals surface area contributed by atoms with Gasteiger partial charge in [0.25, 0.3) is 0 Å². The molecule has 2 amide bonds. The van der Waals surface area contributed by atoms with Crippen LogP contribution in [-0.4, -0.2) is 30.6 Å². The van der Waals surface area contributed by atoms with Gasteiger partial charge >= 0.3 is 0 Å². The first kappa shape index (κ1) is 13.5. The molecule has 17 heavy (non-hydrogen) atoms. The van der Waals surface area contributed by atoms with Crippen LogP contribution < -0.4 is 11.1 Å². The van der Waals surface area contributed by atoms with Crippen LogP contribution in [0.2, 0.25) is 0 Å². The van der Waals surface area contributed by atoms with Crippen molar-refractivity contribution < 1.29 is 14.3 Å². The van der Waals surface area contributed by atoms with Crippen LogP contribution in [0.5, 0.6) is 0 Å². The molecular weight excluding hydrogens is 222 g/mol. The Hall–Kier alpha value is -1.61. The number of nitriles is 1. The van der Waals surface area contributed by atoms with Crippen LogP contribution in [-0.2, 0) is 14.3 Å². The van der Waals surface area contributed by atoms with Gasteiger partial charge in [-0.1, -0.05) is 0 Å². The zero-order valence-corrected chi connectivity index (χ0v) is 9.81. The van der Waals surface area contributed by atoms with E-state index in [4.69, 9.17) is 15.7 Å². The summed E-state index contributed by atoms with van der Waals surface area (Å²) in [6, 6.07) is 1.20. The third-order valence-electron chi connectivity index (χ3n) is 2.69. The summed E-state index contributed by atoms with van der Waals surface area (Å²) in [5.41, 5.74) is 5.18. The van der Waals surface area contributed by atoms with E-state index in [2.05, 4.69) is 5.32 Å². The van der Waals surface area contributed by atoms with E-state index in [0.29, 0.717) is 13.0 Å². The number of hydrogen-bond acceptors (Lipinski definition) is 4. The minimum absolute atomic E-state index is 0.226. The zero-order chi connectivity index (χ0) is 12.8. The van der Waals surface area contributed by atoms with E-state index in [1.165, 1.54) is 0 Å². The zero-order valence-electron chi connectivity index (χ0n) is 9.81. The van der Waals surface area contributed by atoms with Crippen LogP contribution in [0.4, 0.5) is 0 Å². The summed E-state index contributed by atoms with van der Waals surface area (Å²) in [6.45, 7) is 2.24. The molecule has 3 N–H and O–H groups in total. The van der Waals surface area contributed by atoms with Gasteiger partial charge in [-0.15, -0.1) is 0 Å². The van der Waals surface area contributed by atoms with Crippen molar-refractivity contribution in [2.24, 2.45) is 11.7 Å². The first-order valence-electron chi connectivity index (χ1n) is 5.65. The second kappa shape index (κ2) is 6.21. The van der Waals surface area contributed by atoms with Gasteiger partial charge in [0.15, 0.2) is 0 Å². The third-order valence-corrected chi connectivity index (χ3v) is 2.69. The molecule has 0 radical (unpaired) electrons. The molecule has 94 valence electrons. The summed E-state index contributed by atoms with van der Waals surface area (Å²) in [7, 11) is 0. The van der Waals surface area contributed by atoms with Crippen LogP contribution in [0.1, 0.15) is 26.2 Å². The van der Waals surface area contributed by atoms with Gasteiger partial charge in [-0.05, 0) is 26.2 Å². The summed E-state index contributed by atoms with van der Waals surface area (Å²) in [5.74, 6) is -1.29. The molecule has 1 aliphatic rings.